The van der Waals surface area contributed by atoms with E-state index in [1.807, 2.05) is 48.5 Å². The van der Waals surface area contributed by atoms with Gasteiger partial charge in [-0.05, 0) is 34.4 Å². The van der Waals surface area contributed by atoms with Gasteiger partial charge in [-0.2, -0.15) is 0 Å². The number of benzene rings is 3. The van der Waals surface area contributed by atoms with Gasteiger partial charge in [-0.1, -0.05) is 73.7 Å². The standard InChI is InChI=1S/C22H21N3O/c1-15(2)14-21(26)22(25-20-13-6-5-12-19(20)23-24-25)18-11-7-9-16-8-3-4-10-17(16)18/h3-13,15,22H,14H2,1-2H3. The van der Waals surface area contributed by atoms with Crippen LogP contribution in [0.15, 0.2) is 66.7 Å². The van der Waals surface area contributed by atoms with Crippen LogP contribution in [-0.2, 0) is 4.79 Å². The van der Waals surface area contributed by atoms with Crippen molar-refractivity contribution in [3.05, 3.63) is 72.3 Å². The Morgan fingerprint density at radius 3 is 2.54 bits per heavy atom. The highest BCUT2D eigenvalue weighted by molar-refractivity contribution is 5.94. The number of aromatic nitrogens is 3. The van der Waals surface area contributed by atoms with E-state index in [1.165, 1.54) is 0 Å². The molecule has 0 radical (unpaired) electrons. The van der Waals surface area contributed by atoms with E-state index in [1.54, 1.807) is 4.68 Å². The van der Waals surface area contributed by atoms with E-state index in [-0.39, 0.29) is 11.7 Å². The Kier molecular flexibility index (Phi) is 4.25. The number of nitrogens with zero attached hydrogens (tertiary/aromatic N) is 3. The minimum atomic E-state index is -0.476. The van der Waals surface area contributed by atoms with Crippen LogP contribution in [0, 0.1) is 5.92 Å². The average Bonchev–Trinajstić information content (AvgIpc) is 3.06. The number of ketones is 1. The summed E-state index contributed by atoms with van der Waals surface area (Å²) in [6.07, 6.45) is 0.502. The zero-order valence-corrected chi connectivity index (χ0v) is 15.0. The molecule has 1 aromatic heterocycles. The lowest BCUT2D eigenvalue weighted by molar-refractivity contribution is -0.122. The second-order valence-electron chi connectivity index (χ2n) is 7.06. The van der Waals surface area contributed by atoms with Crippen LogP contribution in [0.4, 0.5) is 0 Å². The topological polar surface area (TPSA) is 47.8 Å². The summed E-state index contributed by atoms with van der Waals surface area (Å²) < 4.78 is 1.78. The van der Waals surface area contributed by atoms with E-state index in [2.05, 4.69) is 42.4 Å². The third-order valence-corrected chi connectivity index (χ3v) is 4.65. The van der Waals surface area contributed by atoms with E-state index in [4.69, 9.17) is 0 Å². The molecule has 0 aliphatic rings. The number of rotatable bonds is 5. The lowest BCUT2D eigenvalue weighted by Gasteiger charge is -2.20. The maximum absolute atomic E-state index is 13.3. The molecule has 0 amide bonds. The fraction of sp³-hybridized carbons (Fsp3) is 0.227. The maximum atomic E-state index is 13.3. The minimum Gasteiger partial charge on any atom is -0.297 e. The Labute approximate surface area is 152 Å². The number of carbonyl (C=O) groups is 1. The van der Waals surface area contributed by atoms with Crippen molar-refractivity contribution in [2.75, 3.05) is 0 Å². The predicted molar refractivity (Wildman–Crippen MR) is 104 cm³/mol. The van der Waals surface area contributed by atoms with Crippen molar-refractivity contribution >= 4 is 27.6 Å². The molecule has 1 unspecified atom stereocenters. The molecule has 0 bridgehead atoms. The van der Waals surface area contributed by atoms with Crippen molar-refractivity contribution in [2.45, 2.75) is 26.3 Å². The van der Waals surface area contributed by atoms with Crippen LogP contribution in [0.1, 0.15) is 31.9 Å². The summed E-state index contributed by atoms with van der Waals surface area (Å²) in [5.74, 6) is 0.446. The van der Waals surface area contributed by atoms with Crippen LogP contribution >= 0.6 is 0 Å². The van der Waals surface area contributed by atoms with Crippen molar-refractivity contribution in [1.82, 2.24) is 15.0 Å². The fourth-order valence-electron chi connectivity index (χ4n) is 3.52. The van der Waals surface area contributed by atoms with Crippen molar-refractivity contribution < 1.29 is 4.79 Å². The Hall–Kier alpha value is -3.01. The average molecular weight is 343 g/mol. The molecular weight excluding hydrogens is 322 g/mol. The molecule has 0 saturated carbocycles. The van der Waals surface area contributed by atoms with E-state index >= 15 is 0 Å². The Morgan fingerprint density at radius 2 is 1.69 bits per heavy atom. The summed E-state index contributed by atoms with van der Waals surface area (Å²) in [6, 6.07) is 21.6. The van der Waals surface area contributed by atoms with E-state index in [0.29, 0.717) is 6.42 Å². The molecule has 4 rings (SSSR count). The fourth-order valence-corrected chi connectivity index (χ4v) is 3.52. The molecular formula is C22H21N3O. The number of hydrogen-bond acceptors (Lipinski definition) is 3. The van der Waals surface area contributed by atoms with E-state index in [0.717, 1.165) is 27.4 Å². The molecule has 0 N–H and O–H groups in total. The number of Topliss-reactive ketones (excluding diaryl/α,β-unsaturated/α-hetero) is 1. The first-order valence-electron chi connectivity index (χ1n) is 8.95. The van der Waals surface area contributed by atoms with Gasteiger partial charge in [-0.25, -0.2) is 4.68 Å². The second kappa shape index (κ2) is 6.71. The van der Waals surface area contributed by atoms with Crippen LogP contribution < -0.4 is 0 Å². The first-order valence-corrected chi connectivity index (χ1v) is 8.95. The minimum absolute atomic E-state index is 0.159. The van der Waals surface area contributed by atoms with Gasteiger partial charge >= 0.3 is 0 Å². The van der Waals surface area contributed by atoms with Crippen LogP contribution in [0.5, 0.6) is 0 Å². The SMILES string of the molecule is CC(C)CC(=O)C(c1cccc2ccccc12)n1nnc2ccccc21. The summed E-state index contributed by atoms with van der Waals surface area (Å²) in [4.78, 5) is 13.3. The third kappa shape index (κ3) is 2.88. The maximum Gasteiger partial charge on any atom is 0.162 e. The van der Waals surface area contributed by atoms with Crippen LogP contribution in [0.25, 0.3) is 21.8 Å². The summed E-state index contributed by atoms with van der Waals surface area (Å²) in [5, 5.41) is 10.8. The van der Waals surface area contributed by atoms with Gasteiger partial charge in [0.15, 0.2) is 5.78 Å². The van der Waals surface area contributed by atoms with Crippen molar-refractivity contribution in [3.8, 4) is 0 Å². The first-order chi connectivity index (χ1) is 12.6. The van der Waals surface area contributed by atoms with Crippen LogP contribution in [0.3, 0.4) is 0 Å². The molecule has 26 heavy (non-hydrogen) atoms. The molecule has 1 heterocycles. The quantitative estimate of drug-likeness (QED) is 0.523. The highest BCUT2D eigenvalue weighted by Gasteiger charge is 2.27. The van der Waals surface area contributed by atoms with E-state index in [9.17, 15) is 4.79 Å². The Balaban J connectivity index is 1.95. The molecule has 0 spiro atoms. The number of hydrogen-bond donors (Lipinski definition) is 0. The molecule has 4 heteroatoms. The molecule has 1 atom stereocenters. The van der Waals surface area contributed by atoms with Crippen molar-refractivity contribution in [3.63, 3.8) is 0 Å². The van der Waals surface area contributed by atoms with Gasteiger partial charge < -0.3 is 0 Å². The lowest BCUT2D eigenvalue weighted by atomic mass is 9.92. The number of fused-ring (bicyclic) bond motifs is 2. The van der Waals surface area contributed by atoms with Gasteiger partial charge in [0, 0.05) is 6.42 Å². The molecule has 0 aliphatic heterocycles. The molecule has 4 nitrogen and oxygen atoms in total. The molecule has 0 aliphatic carbocycles. The summed E-state index contributed by atoms with van der Waals surface area (Å²) >= 11 is 0. The third-order valence-electron chi connectivity index (χ3n) is 4.65. The van der Waals surface area contributed by atoms with Gasteiger partial charge in [0.05, 0.1) is 5.52 Å². The van der Waals surface area contributed by atoms with Crippen LogP contribution in [-0.4, -0.2) is 20.8 Å². The van der Waals surface area contributed by atoms with Crippen molar-refractivity contribution in [2.24, 2.45) is 5.92 Å². The Bertz CT molecular complexity index is 1080. The highest BCUT2D eigenvalue weighted by Crippen LogP contribution is 2.31. The number of carbonyl (C=O) groups excluding carboxylic acids is 1. The normalized spacial score (nSPS) is 12.7. The first kappa shape index (κ1) is 16.5. The van der Waals surface area contributed by atoms with Gasteiger partial charge in [0.25, 0.3) is 0 Å². The predicted octanol–water partition coefficient (Wildman–Crippen LogP) is 4.79. The molecule has 0 fully saturated rings. The molecule has 4 aromatic rings. The molecule has 3 aromatic carbocycles. The summed E-state index contributed by atoms with van der Waals surface area (Å²) in [5.41, 5.74) is 2.65. The highest BCUT2D eigenvalue weighted by atomic mass is 16.1. The monoisotopic (exact) mass is 343 g/mol. The van der Waals surface area contributed by atoms with Gasteiger partial charge in [0.1, 0.15) is 11.6 Å². The smallest absolute Gasteiger partial charge is 0.162 e. The zero-order chi connectivity index (χ0) is 18.1. The van der Waals surface area contributed by atoms with E-state index < -0.39 is 6.04 Å². The summed E-state index contributed by atoms with van der Waals surface area (Å²) in [7, 11) is 0. The largest absolute Gasteiger partial charge is 0.297 e. The van der Waals surface area contributed by atoms with Gasteiger partial charge in [0.2, 0.25) is 0 Å². The number of para-hydroxylation sites is 1. The molecule has 0 saturated heterocycles. The molecule has 130 valence electrons. The Morgan fingerprint density at radius 1 is 0.962 bits per heavy atom. The van der Waals surface area contributed by atoms with Crippen molar-refractivity contribution in [1.29, 1.82) is 0 Å². The van der Waals surface area contributed by atoms with Gasteiger partial charge in [-0.3, -0.25) is 4.79 Å². The van der Waals surface area contributed by atoms with Crippen LogP contribution in [0.2, 0.25) is 0 Å². The zero-order valence-electron chi connectivity index (χ0n) is 15.0. The lowest BCUT2D eigenvalue weighted by Crippen LogP contribution is -2.23. The summed E-state index contributed by atoms with van der Waals surface area (Å²) in [6.45, 7) is 4.13. The van der Waals surface area contributed by atoms with Gasteiger partial charge in [-0.15, -0.1) is 5.10 Å². The second-order valence-corrected chi connectivity index (χ2v) is 7.06.